The predicted molar refractivity (Wildman–Crippen MR) is 148 cm³/mol. The molecule has 0 aliphatic carbocycles. The third-order valence-corrected chi connectivity index (χ3v) is 9.77. The highest BCUT2D eigenvalue weighted by molar-refractivity contribution is 7.89. The van der Waals surface area contributed by atoms with E-state index in [1.54, 1.807) is 30.3 Å². The van der Waals surface area contributed by atoms with Crippen molar-refractivity contribution in [2.45, 2.75) is 30.1 Å². The highest BCUT2D eigenvalue weighted by Gasteiger charge is 2.41. The van der Waals surface area contributed by atoms with Crippen LogP contribution in [0.1, 0.15) is 20.4 Å². The minimum absolute atomic E-state index is 0.0763. The van der Waals surface area contributed by atoms with Gasteiger partial charge in [0.15, 0.2) is 5.01 Å². The zero-order chi connectivity index (χ0) is 30.8. The van der Waals surface area contributed by atoms with Crippen LogP contribution in [0.5, 0.6) is 0 Å². The van der Waals surface area contributed by atoms with Gasteiger partial charge in [0.1, 0.15) is 6.04 Å². The van der Waals surface area contributed by atoms with Gasteiger partial charge in [-0.3, -0.25) is 9.59 Å². The molecule has 1 saturated heterocycles. The number of fused-ring (bicyclic) bond motifs is 2. The molecule has 17 heteroatoms. The highest BCUT2D eigenvalue weighted by Crippen LogP contribution is 2.28. The molecule has 0 bridgehead atoms. The Bertz CT molecular complexity index is 1610. The Labute approximate surface area is 247 Å². The van der Waals surface area contributed by atoms with E-state index >= 15 is 0 Å². The molecule has 11 nitrogen and oxygen atoms in total. The number of aromatic nitrogens is 1. The number of sulfonamides is 1. The Morgan fingerprint density at radius 2 is 1.81 bits per heavy atom. The van der Waals surface area contributed by atoms with Crippen molar-refractivity contribution in [3.8, 4) is 0 Å². The molecule has 2 aliphatic rings. The number of nitrogens with zero attached hydrogens (tertiary/aromatic N) is 3. The number of aliphatic carboxylic acids is 1. The third kappa shape index (κ3) is 6.83. The van der Waals surface area contributed by atoms with E-state index in [0.717, 1.165) is 34.3 Å². The van der Waals surface area contributed by atoms with Crippen LogP contribution in [0.2, 0.25) is 5.02 Å². The van der Waals surface area contributed by atoms with Crippen LogP contribution >= 0.6 is 22.9 Å². The van der Waals surface area contributed by atoms with Gasteiger partial charge in [-0.1, -0.05) is 23.7 Å². The average Bonchev–Trinajstić information content (AvgIpc) is 3.40. The number of thiazole rings is 1. The molecule has 1 fully saturated rings. The molecule has 42 heavy (non-hydrogen) atoms. The van der Waals surface area contributed by atoms with Crippen LogP contribution in [0.3, 0.4) is 0 Å². The van der Waals surface area contributed by atoms with Gasteiger partial charge in [0, 0.05) is 56.1 Å². The van der Waals surface area contributed by atoms with E-state index in [2.05, 4.69) is 15.6 Å². The van der Waals surface area contributed by atoms with E-state index in [4.69, 9.17) is 21.5 Å². The van der Waals surface area contributed by atoms with Gasteiger partial charge in [0.25, 0.3) is 5.91 Å². The SMILES string of the molecule is CNC(=O)C1CN(S(=O)(=O)c2ccc3cc(Cl)ccc3c2)CCN1C(=O)c1nc2c(s1)CNCC2.O=C(O)C(F)(F)F. The van der Waals surface area contributed by atoms with Gasteiger partial charge in [-0.25, -0.2) is 18.2 Å². The number of hydrogen-bond acceptors (Lipinski definition) is 8. The van der Waals surface area contributed by atoms with Crippen molar-refractivity contribution in [2.24, 2.45) is 0 Å². The lowest BCUT2D eigenvalue weighted by Crippen LogP contribution is -2.61. The zero-order valence-corrected chi connectivity index (χ0v) is 24.3. The number of rotatable bonds is 4. The third-order valence-electron chi connectivity index (χ3n) is 6.59. The van der Waals surface area contributed by atoms with Crippen molar-refractivity contribution in [3.63, 3.8) is 0 Å². The number of likely N-dealkylation sites (N-methyl/N-ethyl adjacent to an activating group) is 1. The summed E-state index contributed by atoms with van der Waals surface area (Å²) < 4.78 is 60.0. The highest BCUT2D eigenvalue weighted by atomic mass is 35.5. The van der Waals surface area contributed by atoms with E-state index in [1.807, 2.05) is 0 Å². The molecule has 226 valence electrons. The van der Waals surface area contributed by atoms with Crippen molar-refractivity contribution in [1.29, 1.82) is 0 Å². The number of nitrogens with one attached hydrogen (secondary N) is 2. The fourth-order valence-corrected chi connectivity index (χ4v) is 7.14. The molecule has 0 radical (unpaired) electrons. The second kappa shape index (κ2) is 12.5. The van der Waals surface area contributed by atoms with Gasteiger partial charge in [0.05, 0.1) is 10.6 Å². The van der Waals surface area contributed by atoms with E-state index in [0.29, 0.717) is 16.6 Å². The number of carboxylic acid groups (broad SMARTS) is 1. The minimum atomic E-state index is -5.08. The maximum absolute atomic E-state index is 13.5. The molecule has 3 N–H and O–H groups in total. The smallest absolute Gasteiger partial charge is 0.475 e. The number of amides is 2. The van der Waals surface area contributed by atoms with E-state index in [1.165, 1.54) is 33.7 Å². The quantitative estimate of drug-likeness (QED) is 0.391. The molecular weight excluding hydrogens is 623 g/mol. The summed E-state index contributed by atoms with van der Waals surface area (Å²) >= 11 is 7.37. The summed E-state index contributed by atoms with van der Waals surface area (Å²) in [6, 6.07) is 9.13. The minimum Gasteiger partial charge on any atom is -0.475 e. The molecule has 1 aromatic heterocycles. The van der Waals surface area contributed by atoms with Crippen LogP contribution in [0.4, 0.5) is 13.2 Å². The monoisotopic (exact) mass is 647 g/mol. The second-order valence-corrected chi connectivity index (χ2v) is 12.7. The number of carbonyl (C=O) groups is 3. The predicted octanol–water partition coefficient (Wildman–Crippen LogP) is 2.49. The van der Waals surface area contributed by atoms with Crippen LogP contribution < -0.4 is 10.6 Å². The molecule has 0 saturated carbocycles. The van der Waals surface area contributed by atoms with Crippen molar-refractivity contribution in [2.75, 3.05) is 33.2 Å². The first-order valence-electron chi connectivity index (χ1n) is 12.4. The normalized spacial score (nSPS) is 17.6. The van der Waals surface area contributed by atoms with E-state index in [9.17, 15) is 31.2 Å². The largest absolute Gasteiger partial charge is 0.490 e. The standard InChI is InChI=1S/C23H24ClN5O4S2.C2HF3O2/c1-25-21(30)19-13-28(35(32,33)17-5-3-14-10-16(24)4-2-15(14)11-17)8-9-29(19)23(31)22-27-18-6-7-26-12-20(18)34-22;3-2(4,5)1(6)7/h2-5,10-11,19,26H,6-9,12-13H2,1H3,(H,25,30);(H,6,7). The average molecular weight is 648 g/mol. The number of benzene rings is 2. The van der Waals surface area contributed by atoms with Crippen LogP contribution in [0.25, 0.3) is 10.8 Å². The number of carbonyl (C=O) groups excluding carboxylic acids is 2. The fourth-order valence-electron chi connectivity index (χ4n) is 4.45. The van der Waals surface area contributed by atoms with Gasteiger partial charge in [-0.2, -0.15) is 17.5 Å². The lowest BCUT2D eigenvalue weighted by Gasteiger charge is -2.39. The van der Waals surface area contributed by atoms with Crippen molar-refractivity contribution in [1.82, 2.24) is 24.8 Å². The number of halogens is 4. The molecule has 5 rings (SSSR count). The molecule has 2 amide bonds. The first-order chi connectivity index (χ1) is 19.7. The number of carboxylic acids is 1. The Hall–Kier alpha value is -3.31. The van der Waals surface area contributed by atoms with Gasteiger partial charge < -0.3 is 20.6 Å². The number of piperazine rings is 1. The van der Waals surface area contributed by atoms with Gasteiger partial charge in [-0.15, -0.1) is 11.3 Å². The lowest BCUT2D eigenvalue weighted by atomic mass is 10.1. The molecule has 2 aromatic carbocycles. The summed E-state index contributed by atoms with van der Waals surface area (Å²) in [6.07, 6.45) is -4.33. The van der Waals surface area contributed by atoms with Crippen molar-refractivity contribution < 1.29 is 41.1 Å². The lowest BCUT2D eigenvalue weighted by molar-refractivity contribution is -0.192. The molecule has 1 atom stereocenters. The summed E-state index contributed by atoms with van der Waals surface area (Å²) in [6.45, 7) is 1.50. The van der Waals surface area contributed by atoms with Crippen LogP contribution in [-0.2, 0) is 32.6 Å². The second-order valence-electron chi connectivity index (χ2n) is 9.26. The fraction of sp³-hybridized carbons (Fsp3) is 0.360. The summed E-state index contributed by atoms with van der Waals surface area (Å²) in [5, 5.41) is 15.4. The first-order valence-corrected chi connectivity index (χ1v) is 15.1. The summed E-state index contributed by atoms with van der Waals surface area (Å²) in [5.41, 5.74) is 0.910. The first kappa shape index (κ1) is 31.6. The molecule has 0 spiro atoms. The summed E-state index contributed by atoms with van der Waals surface area (Å²) in [5.74, 6) is -3.53. The number of hydrogen-bond donors (Lipinski definition) is 3. The van der Waals surface area contributed by atoms with Gasteiger partial charge >= 0.3 is 12.1 Å². The zero-order valence-electron chi connectivity index (χ0n) is 21.9. The molecule has 2 aliphatic heterocycles. The number of alkyl halides is 3. The van der Waals surface area contributed by atoms with Gasteiger partial charge in [0.2, 0.25) is 15.9 Å². The van der Waals surface area contributed by atoms with E-state index in [-0.39, 0.29) is 30.4 Å². The topological polar surface area (TPSA) is 149 Å². The van der Waals surface area contributed by atoms with Crippen molar-refractivity contribution in [3.05, 3.63) is 57.0 Å². The van der Waals surface area contributed by atoms with Crippen LogP contribution in [0.15, 0.2) is 41.3 Å². The van der Waals surface area contributed by atoms with Crippen molar-refractivity contribution >= 4 is 61.5 Å². The van der Waals surface area contributed by atoms with Crippen LogP contribution in [0, 0.1) is 0 Å². The van der Waals surface area contributed by atoms with Gasteiger partial charge in [-0.05, 0) is 35.0 Å². The van der Waals surface area contributed by atoms with Crippen LogP contribution in [-0.4, -0.2) is 90.9 Å². The Balaban J connectivity index is 0.000000517. The summed E-state index contributed by atoms with van der Waals surface area (Å²) in [7, 11) is -2.42. The Morgan fingerprint density at radius 1 is 1.14 bits per heavy atom. The maximum Gasteiger partial charge on any atom is 0.490 e. The summed E-state index contributed by atoms with van der Waals surface area (Å²) in [4.78, 5) is 42.1. The molecule has 3 heterocycles. The molecule has 1 unspecified atom stereocenters. The maximum atomic E-state index is 13.5. The van der Waals surface area contributed by atoms with E-state index < -0.39 is 34.1 Å². The Morgan fingerprint density at radius 3 is 2.45 bits per heavy atom. The molecule has 3 aromatic rings. The Kier molecular flexibility index (Phi) is 9.42. The molecular formula is C25H25ClF3N5O6S2.